The van der Waals surface area contributed by atoms with Gasteiger partial charge in [0.2, 0.25) is 0 Å². The first-order valence-electron chi connectivity index (χ1n) is 12.2. The molecular weight excluding hydrogens is 492 g/mol. The predicted molar refractivity (Wildman–Crippen MR) is 139 cm³/mol. The Hall–Kier alpha value is -3.47. The van der Waals surface area contributed by atoms with Crippen LogP contribution in [0.25, 0.3) is 0 Å². The largest absolute Gasteiger partial charge is 0.464 e. The van der Waals surface area contributed by atoms with Gasteiger partial charge in [0.1, 0.15) is 0 Å². The molecule has 0 aliphatic carbocycles. The number of hydrogen-bond acceptors (Lipinski definition) is 9. The third-order valence-electron chi connectivity index (χ3n) is 5.41. The lowest BCUT2D eigenvalue weighted by molar-refractivity contribution is -0.158. The third-order valence-corrected chi connectivity index (χ3v) is 5.41. The van der Waals surface area contributed by atoms with Crippen LogP contribution in [0.15, 0.2) is 78.9 Å². The van der Waals surface area contributed by atoms with E-state index in [2.05, 4.69) is 0 Å². The molecule has 0 radical (unpaired) electrons. The molecule has 38 heavy (non-hydrogen) atoms. The standard InChI is InChI=1S/C29H34O9/c1-32-16-18-34-20-36-25-15-9-14-24(28(25)37-21-35-19-17-33-2)26(30)29(31)38-27(22-10-5-3-6-11-22)23-12-7-4-8-13-23/h3-15,26-27,30H,16-21H2,1-2H3. The highest BCUT2D eigenvalue weighted by Crippen LogP contribution is 2.37. The highest BCUT2D eigenvalue weighted by Gasteiger charge is 2.29. The number of esters is 1. The van der Waals surface area contributed by atoms with E-state index in [4.69, 9.17) is 33.2 Å². The summed E-state index contributed by atoms with van der Waals surface area (Å²) in [6, 6.07) is 23.5. The maximum Gasteiger partial charge on any atom is 0.340 e. The molecule has 204 valence electrons. The van der Waals surface area contributed by atoms with E-state index in [1.165, 1.54) is 0 Å². The highest BCUT2D eigenvalue weighted by atomic mass is 16.7. The Morgan fingerprint density at radius 3 is 1.82 bits per heavy atom. The average molecular weight is 527 g/mol. The van der Waals surface area contributed by atoms with Crippen LogP contribution < -0.4 is 9.47 Å². The number of ether oxygens (including phenoxy) is 7. The van der Waals surface area contributed by atoms with Crippen LogP contribution in [0.1, 0.15) is 28.9 Å². The van der Waals surface area contributed by atoms with Crippen LogP contribution >= 0.6 is 0 Å². The van der Waals surface area contributed by atoms with Crippen molar-refractivity contribution in [2.24, 2.45) is 0 Å². The molecule has 0 fully saturated rings. The minimum atomic E-state index is -1.66. The average Bonchev–Trinajstić information content (AvgIpc) is 2.96. The van der Waals surface area contributed by atoms with Crippen molar-refractivity contribution in [3.05, 3.63) is 95.6 Å². The number of para-hydroxylation sites is 1. The van der Waals surface area contributed by atoms with Crippen LogP contribution in [0.2, 0.25) is 0 Å². The molecule has 0 spiro atoms. The first kappa shape index (κ1) is 29.1. The molecule has 0 aliphatic heterocycles. The van der Waals surface area contributed by atoms with Crippen LogP contribution in [-0.4, -0.2) is 65.3 Å². The molecule has 1 unspecified atom stereocenters. The summed E-state index contributed by atoms with van der Waals surface area (Å²) in [5, 5.41) is 11.1. The van der Waals surface area contributed by atoms with Crippen molar-refractivity contribution in [1.29, 1.82) is 0 Å². The van der Waals surface area contributed by atoms with Crippen LogP contribution in [0, 0.1) is 0 Å². The van der Waals surface area contributed by atoms with E-state index in [1.54, 1.807) is 32.4 Å². The number of methoxy groups -OCH3 is 2. The van der Waals surface area contributed by atoms with Crippen molar-refractivity contribution in [2.45, 2.75) is 12.2 Å². The molecule has 0 aliphatic rings. The van der Waals surface area contributed by atoms with Gasteiger partial charge >= 0.3 is 5.97 Å². The fourth-order valence-electron chi connectivity index (χ4n) is 3.52. The van der Waals surface area contributed by atoms with Crippen molar-refractivity contribution in [1.82, 2.24) is 0 Å². The number of benzene rings is 3. The quantitative estimate of drug-likeness (QED) is 0.159. The lowest BCUT2D eigenvalue weighted by Crippen LogP contribution is -2.21. The van der Waals surface area contributed by atoms with E-state index in [0.717, 1.165) is 11.1 Å². The van der Waals surface area contributed by atoms with Crippen LogP contribution in [-0.2, 0) is 28.5 Å². The summed E-state index contributed by atoms with van der Waals surface area (Å²) >= 11 is 0. The van der Waals surface area contributed by atoms with Crippen molar-refractivity contribution >= 4 is 5.97 Å². The molecule has 0 aromatic heterocycles. The van der Waals surface area contributed by atoms with Crippen molar-refractivity contribution < 1.29 is 43.1 Å². The van der Waals surface area contributed by atoms with Gasteiger partial charge in [-0.3, -0.25) is 0 Å². The van der Waals surface area contributed by atoms with Gasteiger partial charge < -0.3 is 38.3 Å². The van der Waals surface area contributed by atoms with Gasteiger partial charge in [-0.05, 0) is 17.2 Å². The van der Waals surface area contributed by atoms with Gasteiger partial charge in [0, 0.05) is 19.8 Å². The third kappa shape index (κ3) is 8.83. The Balaban J connectivity index is 1.81. The number of carbonyl (C=O) groups is 1. The smallest absolute Gasteiger partial charge is 0.340 e. The zero-order valence-corrected chi connectivity index (χ0v) is 21.6. The fourth-order valence-corrected chi connectivity index (χ4v) is 3.52. The number of aliphatic hydroxyl groups is 1. The Bertz CT molecular complexity index is 1040. The molecule has 3 rings (SSSR count). The molecular formula is C29H34O9. The van der Waals surface area contributed by atoms with E-state index in [0.29, 0.717) is 26.4 Å². The van der Waals surface area contributed by atoms with Gasteiger partial charge in [0.25, 0.3) is 0 Å². The maximum atomic E-state index is 13.3. The van der Waals surface area contributed by atoms with Crippen LogP contribution in [0.3, 0.4) is 0 Å². The molecule has 0 heterocycles. The SMILES string of the molecule is COCCOCOc1cccc(C(O)C(=O)OC(c2ccccc2)c2ccccc2)c1OCOCCOC. The van der Waals surface area contributed by atoms with E-state index in [1.807, 2.05) is 60.7 Å². The van der Waals surface area contributed by atoms with Crippen molar-refractivity contribution in [2.75, 3.05) is 54.2 Å². The molecule has 0 saturated heterocycles. The molecule has 0 amide bonds. The molecule has 1 atom stereocenters. The first-order valence-corrected chi connectivity index (χ1v) is 12.2. The number of hydrogen-bond donors (Lipinski definition) is 1. The molecule has 3 aromatic carbocycles. The number of rotatable bonds is 17. The second-order valence-electron chi connectivity index (χ2n) is 8.04. The van der Waals surface area contributed by atoms with Gasteiger partial charge in [-0.1, -0.05) is 72.8 Å². The fraction of sp³-hybridized carbons (Fsp3) is 0.345. The molecule has 9 heteroatoms. The second kappa shape index (κ2) is 16.4. The lowest BCUT2D eigenvalue weighted by Gasteiger charge is -2.22. The monoisotopic (exact) mass is 526 g/mol. The molecule has 3 aromatic rings. The zero-order chi connectivity index (χ0) is 27.0. The second-order valence-corrected chi connectivity index (χ2v) is 8.04. The van der Waals surface area contributed by atoms with E-state index in [9.17, 15) is 9.90 Å². The summed E-state index contributed by atoms with van der Waals surface area (Å²) in [6.45, 7) is 1.20. The van der Waals surface area contributed by atoms with Gasteiger partial charge in [0.15, 0.2) is 37.3 Å². The normalized spacial score (nSPS) is 11.8. The van der Waals surface area contributed by atoms with Gasteiger partial charge in [0.05, 0.1) is 26.4 Å². The molecule has 0 bridgehead atoms. The Kier molecular flexibility index (Phi) is 12.5. The topological polar surface area (TPSA) is 102 Å². The predicted octanol–water partition coefficient (Wildman–Crippen LogP) is 4.05. The summed E-state index contributed by atoms with van der Waals surface area (Å²) in [5.41, 5.74) is 1.71. The summed E-state index contributed by atoms with van der Waals surface area (Å²) in [5.74, 6) is -0.438. The van der Waals surface area contributed by atoms with Gasteiger partial charge in [-0.2, -0.15) is 0 Å². The minimum absolute atomic E-state index is 0.0850. The van der Waals surface area contributed by atoms with Crippen molar-refractivity contribution in [3.63, 3.8) is 0 Å². The Morgan fingerprint density at radius 1 is 0.711 bits per heavy atom. The minimum Gasteiger partial charge on any atom is -0.464 e. The summed E-state index contributed by atoms with van der Waals surface area (Å²) < 4.78 is 38.1. The van der Waals surface area contributed by atoms with Crippen LogP contribution in [0.4, 0.5) is 0 Å². The van der Waals surface area contributed by atoms with Crippen molar-refractivity contribution in [3.8, 4) is 11.5 Å². The Morgan fingerprint density at radius 2 is 1.26 bits per heavy atom. The first-order chi connectivity index (χ1) is 18.7. The summed E-state index contributed by atoms with van der Waals surface area (Å²) in [4.78, 5) is 13.3. The van der Waals surface area contributed by atoms with Crippen LogP contribution in [0.5, 0.6) is 11.5 Å². The summed E-state index contributed by atoms with van der Waals surface area (Å²) in [7, 11) is 3.14. The number of aliphatic hydroxyl groups excluding tert-OH is 1. The molecule has 1 N–H and O–H groups in total. The van der Waals surface area contributed by atoms with E-state index < -0.39 is 18.2 Å². The van der Waals surface area contributed by atoms with Gasteiger partial charge in [-0.25, -0.2) is 4.79 Å². The Labute approximate surface area is 222 Å². The molecule has 0 saturated carbocycles. The highest BCUT2D eigenvalue weighted by molar-refractivity contribution is 5.78. The lowest BCUT2D eigenvalue weighted by atomic mass is 10.0. The van der Waals surface area contributed by atoms with E-state index >= 15 is 0 Å². The zero-order valence-electron chi connectivity index (χ0n) is 21.6. The maximum absolute atomic E-state index is 13.3. The van der Waals surface area contributed by atoms with Gasteiger partial charge in [-0.15, -0.1) is 0 Å². The molecule has 9 nitrogen and oxygen atoms in total. The number of carbonyl (C=O) groups excluding carboxylic acids is 1. The summed E-state index contributed by atoms with van der Waals surface area (Å²) in [6.07, 6.45) is -2.37. The van der Waals surface area contributed by atoms with E-state index in [-0.39, 0.29) is 30.6 Å².